The Morgan fingerprint density at radius 3 is 2.84 bits per heavy atom. The first-order valence-electron chi connectivity index (χ1n) is 9.96. The molecule has 2 N–H and O–H groups in total. The third-order valence-electron chi connectivity index (χ3n) is 5.03. The fraction of sp³-hybridized carbons (Fsp3) is 0.333. The Morgan fingerprint density at radius 1 is 1.26 bits per heavy atom. The Labute approximate surface area is 183 Å². The van der Waals surface area contributed by atoms with Gasteiger partial charge in [-0.1, -0.05) is 11.3 Å². The van der Waals surface area contributed by atoms with Crippen molar-refractivity contribution in [2.45, 2.75) is 25.3 Å². The van der Waals surface area contributed by atoms with Gasteiger partial charge in [-0.05, 0) is 49.2 Å². The SMILES string of the molecule is COc1ccc(NC(=O)c2nnc([C@@H]3CCCN(C(=O)NCc4ccco4)C3)s2)cc1. The molecule has 0 bridgehead atoms. The number of likely N-dealkylation sites (tertiary alicyclic amines) is 1. The zero-order valence-corrected chi connectivity index (χ0v) is 17.9. The molecule has 0 aliphatic carbocycles. The molecule has 0 radical (unpaired) electrons. The summed E-state index contributed by atoms with van der Waals surface area (Å²) < 4.78 is 10.4. The van der Waals surface area contributed by atoms with E-state index in [2.05, 4.69) is 20.8 Å². The van der Waals surface area contributed by atoms with E-state index in [1.807, 2.05) is 6.07 Å². The predicted octanol–water partition coefficient (Wildman–Crippen LogP) is 3.48. The lowest BCUT2D eigenvalue weighted by Crippen LogP contribution is -2.44. The third-order valence-corrected chi connectivity index (χ3v) is 6.12. The van der Waals surface area contributed by atoms with Crippen LogP contribution >= 0.6 is 11.3 Å². The number of aromatic nitrogens is 2. The summed E-state index contributed by atoms with van der Waals surface area (Å²) in [5.41, 5.74) is 0.652. The zero-order chi connectivity index (χ0) is 21.6. The second-order valence-electron chi connectivity index (χ2n) is 7.15. The van der Waals surface area contributed by atoms with Gasteiger partial charge >= 0.3 is 6.03 Å². The van der Waals surface area contributed by atoms with Crippen LogP contribution in [0.15, 0.2) is 47.1 Å². The number of furan rings is 1. The molecule has 10 heteroatoms. The van der Waals surface area contributed by atoms with E-state index in [9.17, 15) is 9.59 Å². The summed E-state index contributed by atoms with van der Waals surface area (Å²) in [4.78, 5) is 26.8. The monoisotopic (exact) mass is 441 g/mol. The largest absolute Gasteiger partial charge is 0.497 e. The molecule has 1 aliphatic rings. The van der Waals surface area contributed by atoms with Gasteiger partial charge in [-0.25, -0.2) is 4.79 Å². The Hall–Kier alpha value is -3.40. The normalized spacial score (nSPS) is 16.0. The molecule has 3 aromatic rings. The van der Waals surface area contributed by atoms with E-state index < -0.39 is 0 Å². The van der Waals surface area contributed by atoms with E-state index in [0.29, 0.717) is 41.8 Å². The Morgan fingerprint density at radius 2 is 2.10 bits per heavy atom. The van der Waals surface area contributed by atoms with Crippen molar-refractivity contribution in [2.75, 3.05) is 25.5 Å². The molecule has 1 aromatic carbocycles. The minimum absolute atomic E-state index is 0.0585. The molecule has 1 fully saturated rings. The zero-order valence-electron chi connectivity index (χ0n) is 17.0. The van der Waals surface area contributed by atoms with Crippen LogP contribution in [0.1, 0.15) is 39.3 Å². The first-order chi connectivity index (χ1) is 15.1. The number of carbonyl (C=O) groups excluding carboxylic acids is 2. The topological polar surface area (TPSA) is 110 Å². The average molecular weight is 442 g/mol. The molecule has 1 aliphatic heterocycles. The van der Waals surface area contributed by atoms with Crippen molar-refractivity contribution in [3.05, 3.63) is 58.4 Å². The van der Waals surface area contributed by atoms with Gasteiger partial charge in [-0.3, -0.25) is 4.79 Å². The van der Waals surface area contributed by atoms with Gasteiger partial charge in [0, 0.05) is 24.7 Å². The number of carbonyl (C=O) groups is 2. The second-order valence-corrected chi connectivity index (χ2v) is 8.16. The third kappa shape index (κ3) is 5.21. The number of methoxy groups -OCH3 is 1. The van der Waals surface area contributed by atoms with Crippen LogP contribution in [0.25, 0.3) is 0 Å². The fourth-order valence-corrected chi connectivity index (χ4v) is 4.27. The van der Waals surface area contributed by atoms with Crippen molar-refractivity contribution in [3.8, 4) is 5.75 Å². The van der Waals surface area contributed by atoms with Gasteiger partial charge in [0.15, 0.2) is 0 Å². The number of urea groups is 1. The molecule has 1 saturated heterocycles. The molecule has 4 rings (SSSR count). The van der Waals surface area contributed by atoms with Crippen LogP contribution in [-0.2, 0) is 6.54 Å². The maximum absolute atomic E-state index is 12.5. The van der Waals surface area contributed by atoms with Crippen LogP contribution in [0, 0.1) is 0 Å². The Kier molecular flexibility index (Phi) is 6.46. The van der Waals surface area contributed by atoms with Crippen molar-refractivity contribution in [1.29, 1.82) is 0 Å². The summed E-state index contributed by atoms with van der Waals surface area (Å²) in [6.07, 6.45) is 3.35. The highest BCUT2D eigenvalue weighted by Gasteiger charge is 2.28. The molecule has 31 heavy (non-hydrogen) atoms. The number of amides is 3. The van der Waals surface area contributed by atoms with Crippen molar-refractivity contribution >= 4 is 29.0 Å². The van der Waals surface area contributed by atoms with Gasteiger partial charge in [-0.2, -0.15) is 0 Å². The smallest absolute Gasteiger partial charge is 0.317 e. The molecular formula is C21H23N5O4S. The highest BCUT2D eigenvalue weighted by molar-refractivity contribution is 7.13. The van der Waals surface area contributed by atoms with E-state index in [0.717, 1.165) is 17.8 Å². The fourth-order valence-electron chi connectivity index (χ4n) is 3.40. The predicted molar refractivity (Wildman–Crippen MR) is 115 cm³/mol. The van der Waals surface area contributed by atoms with E-state index in [-0.39, 0.29) is 17.9 Å². The van der Waals surface area contributed by atoms with Crippen molar-refractivity contribution in [2.24, 2.45) is 0 Å². The Bertz CT molecular complexity index is 1020. The lowest BCUT2D eigenvalue weighted by molar-refractivity contribution is 0.102. The van der Waals surface area contributed by atoms with Crippen LogP contribution in [0.2, 0.25) is 0 Å². The summed E-state index contributed by atoms with van der Waals surface area (Å²) in [5, 5.41) is 15.0. The minimum atomic E-state index is -0.308. The number of rotatable bonds is 6. The lowest BCUT2D eigenvalue weighted by atomic mass is 9.99. The Balaban J connectivity index is 1.34. The second kappa shape index (κ2) is 9.61. The standard InChI is InChI=1S/C21H23N5O4S/c1-29-16-8-6-15(7-9-16)23-18(27)20-25-24-19(31-20)14-4-2-10-26(13-14)21(28)22-12-17-5-3-11-30-17/h3,5-9,11,14H,2,4,10,12-13H2,1H3,(H,22,28)(H,23,27)/t14-/m1/s1. The number of ether oxygens (including phenoxy) is 1. The van der Waals surface area contributed by atoms with E-state index >= 15 is 0 Å². The van der Waals surface area contributed by atoms with Gasteiger partial charge < -0.3 is 24.7 Å². The number of anilines is 1. The number of nitrogens with zero attached hydrogens (tertiary/aromatic N) is 3. The molecule has 0 saturated carbocycles. The van der Waals surface area contributed by atoms with E-state index in [1.165, 1.54) is 11.3 Å². The molecule has 9 nitrogen and oxygen atoms in total. The lowest BCUT2D eigenvalue weighted by Gasteiger charge is -2.31. The molecule has 0 spiro atoms. The molecule has 0 unspecified atom stereocenters. The van der Waals surface area contributed by atoms with Crippen molar-refractivity contribution in [3.63, 3.8) is 0 Å². The van der Waals surface area contributed by atoms with Crippen molar-refractivity contribution < 1.29 is 18.7 Å². The highest BCUT2D eigenvalue weighted by atomic mass is 32.1. The first kappa shape index (κ1) is 20.9. The number of piperidine rings is 1. The summed E-state index contributed by atoms with van der Waals surface area (Å²) in [7, 11) is 1.59. The van der Waals surface area contributed by atoms with Gasteiger partial charge in [0.1, 0.15) is 16.5 Å². The molecule has 3 amide bonds. The van der Waals surface area contributed by atoms with Crippen LogP contribution in [-0.4, -0.2) is 47.2 Å². The van der Waals surface area contributed by atoms with Crippen LogP contribution < -0.4 is 15.4 Å². The van der Waals surface area contributed by atoms with Gasteiger partial charge in [0.2, 0.25) is 5.01 Å². The summed E-state index contributed by atoms with van der Waals surface area (Å²) in [5.74, 6) is 1.17. The van der Waals surface area contributed by atoms with Crippen LogP contribution in [0.3, 0.4) is 0 Å². The molecule has 2 aromatic heterocycles. The van der Waals surface area contributed by atoms with Crippen molar-refractivity contribution in [1.82, 2.24) is 20.4 Å². The molecule has 162 valence electrons. The molecule has 1 atom stereocenters. The number of nitrogens with one attached hydrogen (secondary N) is 2. The number of hydrogen-bond acceptors (Lipinski definition) is 7. The van der Waals surface area contributed by atoms with E-state index in [1.54, 1.807) is 48.6 Å². The van der Waals surface area contributed by atoms with Crippen LogP contribution in [0.5, 0.6) is 5.75 Å². The average Bonchev–Trinajstić information content (AvgIpc) is 3.50. The summed E-state index contributed by atoms with van der Waals surface area (Å²) in [6, 6.07) is 10.5. The maximum atomic E-state index is 12.5. The first-order valence-corrected chi connectivity index (χ1v) is 10.8. The highest BCUT2D eigenvalue weighted by Crippen LogP contribution is 2.29. The van der Waals surface area contributed by atoms with Crippen LogP contribution in [0.4, 0.5) is 10.5 Å². The summed E-state index contributed by atoms with van der Waals surface area (Å²) >= 11 is 1.27. The maximum Gasteiger partial charge on any atom is 0.317 e. The minimum Gasteiger partial charge on any atom is -0.497 e. The summed E-state index contributed by atoms with van der Waals surface area (Å²) in [6.45, 7) is 1.57. The number of benzene rings is 1. The quantitative estimate of drug-likeness (QED) is 0.606. The molecule has 3 heterocycles. The van der Waals surface area contributed by atoms with Gasteiger partial charge in [0.05, 0.1) is 19.9 Å². The molecular weight excluding hydrogens is 418 g/mol. The van der Waals surface area contributed by atoms with Gasteiger partial charge in [-0.15, -0.1) is 10.2 Å². The number of hydrogen-bond donors (Lipinski definition) is 2. The van der Waals surface area contributed by atoms with Gasteiger partial charge in [0.25, 0.3) is 5.91 Å². The van der Waals surface area contributed by atoms with E-state index in [4.69, 9.17) is 9.15 Å².